The van der Waals surface area contributed by atoms with Gasteiger partial charge in [-0.3, -0.25) is 9.80 Å². The van der Waals surface area contributed by atoms with Gasteiger partial charge in [-0.15, -0.1) is 0 Å². The van der Waals surface area contributed by atoms with Crippen molar-refractivity contribution < 1.29 is 4.74 Å². The summed E-state index contributed by atoms with van der Waals surface area (Å²) < 4.78 is 6.13. The zero-order valence-electron chi connectivity index (χ0n) is 11.3. The Morgan fingerprint density at radius 3 is 2.88 bits per heavy atom. The Morgan fingerprint density at radius 1 is 1.35 bits per heavy atom. The number of nitrogens with zero attached hydrogens (tertiary/aromatic N) is 2. The third-order valence-electron chi connectivity index (χ3n) is 4.87. The molecule has 2 atom stereocenters. The lowest BCUT2D eigenvalue weighted by molar-refractivity contribution is -0.109. The van der Waals surface area contributed by atoms with Crippen molar-refractivity contribution in [3.63, 3.8) is 0 Å². The van der Waals surface area contributed by atoms with Crippen molar-refractivity contribution in [1.29, 1.82) is 0 Å². The van der Waals surface area contributed by atoms with Gasteiger partial charge in [0, 0.05) is 25.7 Å². The van der Waals surface area contributed by atoms with Crippen molar-refractivity contribution >= 4 is 0 Å². The fourth-order valence-corrected chi connectivity index (χ4v) is 3.82. The molecule has 3 aliphatic heterocycles. The molecule has 2 unspecified atom stereocenters. The lowest BCUT2D eigenvalue weighted by Gasteiger charge is -2.47. The summed E-state index contributed by atoms with van der Waals surface area (Å²) >= 11 is 0. The third kappa shape index (κ3) is 2.25. The number of piperidine rings is 1. The zero-order valence-corrected chi connectivity index (χ0v) is 11.3. The van der Waals surface area contributed by atoms with E-state index in [4.69, 9.17) is 4.74 Å². The monoisotopic (exact) mass is 238 g/mol. The number of rotatable bonds is 2. The topological polar surface area (TPSA) is 15.7 Å². The van der Waals surface area contributed by atoms with Gasteiger partial charge in [0.1, 0.15) is 0 Å². The molecule has 3 heteroatoms. The Morgan fingerprint density at radius 2 is 2.18 bits per heavy atom. The largest absolute Gasteiger partial charge is 0.371 e. The minimum absolute atomic E-state index is 0.237. The minimum atomic E-state index is 0.237. The second-order valence-electron chi connectivity index (χ2n) is 6.40. The maximum absolute atomic E-state index is 6.13. The van der Waals surface area contributed by atoms with E-state index in [-0.39, 0.29) is 5.60 Å². The fraction of sp³-hybridized carbons (Fsp3) is 1.00. The molecule has 0 aromatic heterocycles. The average molecular weight is 238 g/mol. The van der Waals surface area contributed by atoms with Gasteiger partial charge < -0.3 is 4.74 Å². The van der Waals surface area contributed by atoms with Crippen LogP contribution in [0.3, 0.4) is 0 Å². The first-order valence-electron chi connectivity index (χ1n) is 7.31. The van der Waals surface area contributed by atoms with E-state index < -0.39 is 0 Å². The van der Waals surface area contributed by atoms with Crippen molar-refractivity contribution in [1.82, 2.24) is 9.80 Å². The molecular weight excluding hydrogens is 212 g/mol. The van der Waals surface area contributed by atoms with Crippen LogP contribution >= 0.6 is 0 Å². The van der Waals surface area contributed by atoms with Crippen molar-refractivity contribution in [2.75, 3.05) is 39.3 Å². The summed E-state index contributed by atoms with van der Waals surface area (Å²) in [5.74, 6) is 0.883. The van der Waals surface area contributed by atoms with E-state index in [0.29, 0.717) is 6.04 Å². The molecule has 0 radical (unpaired) electrons. The molecular formula is C14H26N2O. The van der Waals surface area contributed by atoms with Crippen LogP contribution in [-0.2, 0) is 4.74 Å². The van der Waals surface area contributed by atoms with Gasteiger partial charge in [-0.05, 0) is 38.3 Å². The molecule has 3 fully saturated rings. The summed E-state index contributed by atoms with van der Waals surface area (Å²) in [5, 5.41) is 0. The molecule has 0 aliphatic carbocycles. The molecule has 3 rings (SSSR count). The predicted molar refractivity (Wildman–Crippen MR) is 69.2 cm³/mol. The van der Waals surface area contributed by atoms with Crippen LogP contribution in [0.2, 0.25) is 0 Å². The number of likely N-dealkylation sites (tertiary alicyclic amines) is 2. The molecule has 0 N–H and O–H groups in total. The lowest BCUT2D eigenvalue weighted by Crippen LogP contribution is -2.61. The van der Waals surface area contributed by atoms with Crippen LogP contribution in [0.4, 0.5) is 0 Å². The Bertz CT molecular complexity index is 275. The van der Waals surface area contributed by atoms with E-state index in [0.717, 1.165) is 12.5 Å². The lowest BCUT2D eigenvalue weighted by atomic mass is 9.88. The van der Waals surface area contributed by atoms with Gasteiger partial charge in [0.2, 0.25) is 0 Å². The molecule has 98 valence electrons. The summed E-state index contributed by atoms with van der Waals surface area (Å²) in [5.41, 5.74) is 0.237. The number of likely N-dealkylation sites (N-methyl/N-ethyl adjacent to an activating group) is 1. The molecule has 1 spiro atoms. The Balaban J connectivity index is 1.54. The maximum atomic E-state index is 6.13. The van der Waals surface area contributed by atoms with Gasteiger partial charge in [0.15, 0.2) is 0 Å². The second-order valence-corrected chi connectivity index (χ2v) is 6.40. The first-order valence-corrected chi connectivity index (χ1v) is 7.31. The summed E-state index contributed by atoms with van der Waals surface area (Å²) in [7, 11) is 0. The van der Waals surface area contributed by atoms with Gasteiger partial charge in [-0.25, -0.2) is 0 Å². The van der Waals surface area contributed by atoms with E-state index in [9.17, 15) is 0 Å². The minimum Gasteiger partial charge on any atom is -0.371 e. The first kappa shape index (κ1) is 11.9. The maximum Gasteiger partial charge on any atom is 0.0951 e. The van der Waals surface area contributed by atoms with Crippen molar-refractivity contribution in [2.45, 2.75) is 44.8 Å². The van der Waals surface area contributed by atoms with Gasteiger partial charge in [0.05, 0.1) is 12.2 Å². The zero-order chi connectivity index (χ0) is 11.9. The molecule has 0 saturated carbocycles. The Kier molecular flexibility index (Phi) is 3.18. The highest BCUT2D eigenvalue weighted by Gasteiger charge is 2.50. The predicted octanol–water partition coefficient (Wildman–Crippen LogP) is 1.58. The van der Waals surface area contributed by atoms with E-state index >= 15 is 0 Å². The molecule has 3 heterocycles. The SMILES string of the molecule is CCN1CC2(CC(N3CCCC(C)C3)CO2)C1. The van der Waals surface area contributed by atoms with E-state index in [1.165, 1.54) is 52.0 Å². The van der Waals surface area contributed by atoms with Gasteiger partial charge in [-0.1, -0.05) is 13.8 Å². The second kappa shape index (κ2) is 4.52. The van der Waals surface area contributed by atoms with Crippen molar-refractivity contribution in [2.24, 2.45) is 5.92 Å². The standard InChI is InChI=1S/C14H26N2O/c1-3-15-10-14(11-15)7-13(9-17-14)16-6-4-5-12(2)8-16/h12-13H,3-11H2,1-2H3. The molecule has 0 amide bonds. The van der Waals surface area contributed by atoms with E-state index in [1.54, 1.807) is 0 Å². The molecule has 17 heavy (non-hydrogen) atoms. The summed E-state index contributed by atoms with van der Waals surface area (Å²) in [4.78, 5) is 5.18. The Labute approximate surface area is 105 Å². The molecule has 0 aromatic rings. The summed E-state index contributed by atoms with van der Waals surface area (Å²) in [6, 6.07) is 0.705. The molecule has 3 nitrogen and oxygen atoms in total. The summed E-state index contributed by atoms with van der Waals surface area (Å²) in [6.07, 6.45) is 4.07. The van der Waals surface area contributed by atoms with Gasteiger partial charge in [-0.2, -0.15) is 0 Å². The highest BCUT2D eigenvalue weighted by molar-refractivity contribution is 5.04. The highest BCUT2D eigenvalue weighted by atomic mass is 16.5. The number of ether oxygens (including phenoxy) is 1. The molecule has 3 saturated heterocycles. The first-order chi connectivity index (χ1) is 8.21. The summed E-state index contributed by atoms with van der Waals surface area (Å²) in [6.45, 7) is 11.7. The van der Waals surface area contributed by atoms with Crippen molar-refractivity contribution in [3.8, 4) is 0 Å². The van der Waals surface area contributed by atoms with Crippen LogP contribution in [0.1, 0.15) is 33.1 Å². The fourth-order valence-electron chi connectivity index (χ4n) is 3.82. The van der Waals surface area contributed by atoms with Crippen LogP contribution in [0.15, 0.2) is 0 Å². The number of hydrogen-bond acceptors (Lipinski definition) is 3. The normalized spacial score (nSPS) is 38.5. The van der Waals surface area contributed by atoms with Crippen LogP contribution in [0, 0.1) is 5.92 Å². The molecule has 3 aliphatic rings. The van der Waals surface area contributed by atoms with Crippen LogP contribution in [0.25, 0.3) is 0 Å². The van der Waals surface area contributed by atoms with Gasteiger partial charge in [0.25, 0.3) is 0 Å². The third-order valence-corrected chi connectivity index (χ3v) is 4.87. The average Bonchev–Trinajstić information content (AvgIpc) is 2.72. The highest BCUT2D eigenvalue weighted by Crippen LogP contribution is 2.37. The van der Waals surface area contributed by atoms with Crippen LogP contribution < -0.4 is 0 Å². The Hall–Kier alpha value is -0.120. The van der Waals surface area contributed by atoms with E-state index in [1.807, 2.05) is 0 Å². The van der Waals surface area contributed by atoms with Crippen LogP contribution in [-0.4, -0.2) is 60.8 Å². The van der Waals surface area contributed by atoms with Crippen molar-refractivity contribution in [3.05, 3.63) is 0 Å². The van der Waals surface area contributed by atoms with E-state index in [2.05, 4.69) is 23.6 Å². The number of hydrogen-bond donors (Lipinski definition) is 0. The molecule has 0 aromatic carbocycles. The van der Waals surface area contributed by atoms with Crippen LogP contribution in [0.5, 0.6) is 0 Å². The van der Waals surface area contributed by atoms with Gasteiger partial charge >= 0.3 is 0 Å². The quantitative estimate of drug-likeness (QED) is 0.726. The smallest absolute Gasteiger partial charge is 0.0951 e. The molecule has 0 bridgehead atoms.